The molecule has 2 aromatic rings. The van der Waals surface area contributed by atoms with Crippen molar-refractivity contribution in [2.24, 2.45) is 0 Å². The number of thioether (sulfide) groups is 1. The zero-order valence-corrected chi connectivity index (χ0v) is 14.5. The Balaban J connectivity index is 2.03. The van der Waals surface area contributed by atoms with Gasteiger partial charge in [-0.25, -0.2) is 8.42 Å². The molecular weight excluding hydrogens is 316 g/mol. The van der Waals surface area contributed by atoms with Gasteiger partial charge in [-0.05, 0) is 43.7 Å². The molecule has 3 nitrogen and oxygen atoms in total. The average molecular weight is 336 g/mol. The molecule has 1 unspecified atom stereocenters. The van der Waals surface area contributed by atoms with Gasteiger partial charge in [-0.15, -0.1) is 11.8 Å². The Bertz CT molecular complexity index is 730. The van der Waals surface area contributed by atoms with Crippen molar-refractivity contribution in [3.63, 3.8) is 0 Å². The summed E-state index contributed by atoms with van der Waals surface area (Å²) >= 11 is 1.51. The Morgan fingerprint density at radius 1 is 1.05 bits per heavy atom. The van der Waals surface area contributed by atoms with Crippen molar-refractivity contribution >= 4 is 21.6 Å². The number of sulfone groups is 1. The largest absolute Gasteiger partial charge is 0.388 e. The van der Waals surface area contributed by atoms with E-state index in [1.807, 2.05) is 26.0 Å². The maximum absolute atomic E-state index is 11.4. The Morgan fingerprint density at radius 2 is 1.59 bits per heavy atom. The summed E-state index contributed by atoms with van der Waals surface area (Å²) in [4.78, 5) is 1.25. The highest BCUT2D eigenvalue weighted by Gasteiger charge is 2.10. The van der Waals surface area contributed by atoms with Crippen LogP contribution in [0.4, 0.5) is 0 Å². The third-order valence-corrected chi connectivity index (χ3v) is 5.50. The van der Waals surface area contributed by atoms with Gasteiger partial charge in [0.25, 0.3) is 0 Å². The van der Waals surface area contributed by atoms with Crippen LogP contribution in [0, 0.1) is 13.8 Å². The van der Waals surface area contributed by atoms with Crippen molar-refractivity contribution in [1.82, 2.24) is 0 Å². The predicted molar refractivity (Wildman–Crippen MR) is 91.2 cm³/mol. The van der Waals surface area contributed by atoms with Crippen molar-refractivity contribution < 1.29 is 13.5 Å². The molecule has 0 amide bonds. The molecule has 0 aliphatic heterocycles. The van der Waals surface area contributed by atoms with Crippen LogP contribution in [0.1, 0.15) is 22.8 Å². The van der Waals surface area contributed by atoms with Crippen molar-refractivity contribution in [3.8, 4) is 0 Å². The average Bonchev–Trinajstić information content (AvgIpc) is 2.43. The number of rotatable bonds is 5. The molecule has 0 aliphatic carbocycles. The van der Waals surface area contributed by atoms with Gasteiger partial charge in [0.1, 0.15) is 0 Å². The summed E-state index contributed by atoms with van der Waals surface area (Å²) in [6.45, 7) is 4.03. The molecular formula is C17H20O3S2. The van der Waals surface area contributed by atoms with Gasteiger partial charge in [0.2, 0.25) is 0 Å². The minimum Gasteiger partial charge on any atom is -0.388 e. The highest BCUT2D eigenvalue weighted by atomic mass is 32.2. The van der Waals surface area contributed by atoms with Crippen LogP contribution in [0.15, 0.2) is 52.3 Å². The Kier molecular flexibility index (Phi) is 5.32. The number of hydrogen-bond donors (Lipinski definition) is 1. The van der Waals surface area contributed by atoms with Crippen LogP contribution >= 0.6 is 11.8 Å². The summed E-state index contributed by atoms with van der Waals surface area (Å²) in [5.41, 5.74) is 3.19. The van der Waals surface area contributed by atoms with E-state index in [4.69, 9.17) is 0 Å². The quantitative estimate of drug-likeness (QED) is 0.849. The molecule has 2 aromatic carbocycles. The smallest absolute Gasteiger partial charge is 0.175 e. The second-order valence-corrected chi connectivity index (χ2v) is 8.60. The van der Waals surface area contributed by atoms with Crippen LogP contribution in [0.5, 0.6) is 0 Å². The van der Waals surface area contributed by atoms with Crippen molar-refractivity contribution in [2.75, 3.05) is 12.0 Å². The lowest BCUT2D eigenvalue weighted by atomic mass is 10.0. The van der Waals surface area contributed by atoms with E-state index in [2.05, 4.69) is 6.07 Å². The molecule has 0 radical (unpaired) electrons. The molecule has 0 spiro atoms. The molecule has 0 saturated carbocycles. The summed E-state index contributed by atoms with van der Waals surface area (Å²) in [6, 6.07) is 12.8. The van der Waals surface area contributed by atoms with Gasteiger partial charge in [0, 0.05) is 16.9 Å². The van der Waals surface area contributed by atoms with Crippen molar-refractivity contribution in [2.45, 2.75) is 29.7 Å². The fourth-order valence-corrected chi connectivity index (χ4v) is 3.76. The summed E-state index contributed by atoms with van der Waals surface area (Å²) < 4.78 is 22.8. The molecule has 118 valence electrons. The second kappa shape index (κ2) is 6.86. The molecule has 0 bridgehead atoms. The van der Waals surface area contributed by atoms with Crippen LogP contribution in [0.2, 0.25) is 0 Å². The summed E-state index contributed by atoms with van der Waals surface area (Å²) in [5, 5.41) is 10.3. The molecule has 0 fully saturated rings. The van der Waals surface area contributed by atoms with Gasteiger partial charge >= 0.3 is 0 Å². The van der Waals surface area contributed by atoms with Crippen molar-refractivity contribution in [3.05, 3.63) is 59.2 Å². The van der Waals surface area contributed by atoms with Gasteiger partial charge in [-0.1, -0.05) is 29.3 Å². The molecule has 0 heterocycles. The van der Waals surface area contributed by atoms with Crippen LogP contribution in [-0.4, -0.2) is 25.5 Å². The molecule has 1 N–H and O–H groups in total. The third-order valence-electron chi connectivity index (χ3n) is 3.29. The number of hydrogen-bond acceptors (Lipinski definition) is 4. The monoisotopic (exact) mass is 336 g/mol. The highest BCUT2D eigenvalue weighted by Crippen LogP contribution is 2.26. The second-order valence-electron chi connectivity index (χ2n) is 5.49. The predicted octanol–water partition coefficient (Wildman–Crippen LogP) is 3.53. The van der Waals surface area contributed by atoms with Crippen LogP contribution < -0.4 is 0 Å². The number of aliphatic hydroxyl groups excluding tert-OH is 1. The molecule has 22 heavy (non-hydrogen) atoms. The van der Waals surface area contributed by atoms with E-state index in [1.165, 1.54) is 18.0 Å². The first-order chi connectivity index (χ1) is 10.3. The van der Waals surface area contributed by atoms with E-state index >= 15 is 0 Å². The highest BCUT2D eigenvalue weighted by molar-refractivity contribution is 7.99. The number of aryl methyl sites for hydroxylation is 2. The van der Waals surface area contributed by atoms with Crippen LogP contribution in [0.3, 0.4) is 0 Å². The van der Waals surface area contributed by atoms with Gasteiger partial charge in [-0.2, -0.15) is 0 Å². The maximum atomic E-state index is 11.4. The minimum atomic E-state index is -3.16. The molecule has 0 aromatic heterocycles. The first kappa shape index (κ1) is 17.1. The first-order valence-electron chi connectivity index (χ1n) is 6.95. The summed E-state index contributed by atoms with van der Waals surface area (Å²) in [6.07, 6.45) is 0.650. The lowest BCUT2D eigenvalue weighted by molar-refractivity contribution is 0.204. The topological polar surface area (TPSA) is 54.4 Å². The Morgan fingerprint density at radius 3 is 2.09 bits per heavy atom. The van der Waals surface area contributed by atoms with E-state index in [9.17, 15) is 13.5 Å². The normalized spacial score (nSPS) is 13.1. The van der Waals surface area contributed by atoms with Crippen molar-refractivity contribution in [1.29, 1.82) is 0 Å². The lowest BCUT2D eigenvalue weighted by Gasteiger charge is -2.12. The molecule has 5 heteroatoms. The summed E-state index contributed by atoms with van der Waals surface area (Å²) in [5.74, 6) is 0.529. The molecule has 1 atom stereocenters. The number of benzene rings is 2. The number of aliphatic hydroxyl groups is 1. The van der Waals surface area contributed by atoms with Crippen LogP contribution in [0.25, 0.3) is 0 Å². The third kappa shape index (κ3) is 4.60. The molecule has 0 saturated heterocycles. The first-order valence-corrected chi connectivity index (χ1v) is 9.82. The maximum Gasteiger partial charge on any atom is 0.175 e. The van der Waals surface area contributed by atoms with E-state index in [1.54, 1.807) is 24.3 Å². The van der Waals surface area contributed by atoms with Gasteiger partial charge in [0.15, 0.2) is 9.84 Å². The van der Waals surface area contributed by atoms with E-state index in [0.29, 0.717) is 10.6 Å². The van der Waals surface area contributed by atoms with Gasteiger partial charge in [-0.3, -0.25) is 0 Å². The standard InChI is InChI=1S/C17H20O3S2/c1-12-8-13(2)10-14(9-12)17(18)11-21-15-4-6-16(7-5-15)22(3,19)20/h4-10,17-18H,11H2,1-3H3. The zero-order valence-electron chi connectivity index (χ0n) is 12.9. The Hall–Kier alpha value is -1.30. The van der Waals surface area contributed by atoms with E-state index < -0.39 is 15.9 Å². The van der Waals surface area contributed by atoms with Gasteiger partial charge < -0.3 is 5.11 Å². The SMILES string of the molecule is Cc1cc(C)cc(C(O)CSc2ccc(S(C)(=O)=O)cc2)c1. The molecule has 2 rings (SSSR count). The fourth-order valence-electron chi connectivity index (χ4n) is 2.26. The van der Waals surface area contributed by atoms with E-state index in [0.717, 1.165) is 21.6 Å². The zero-order chi connectivity index (χ0) is 16.3. The van der Waals surface area contributed by atoms with Crippen LogP contribution in [-0.2, 0) is 9.84 Å². The lowest BCUT2D eigenvalue weighted by Crippen LogP contribution is -2.01. The fraction of sp³-hybridized carbons (Fsp3) is 0.294. The van der Waals surface area contributed by atoms with E-state index in [-0.39, 0.29) is 0 Å². The summed E-state index contributed by atoms with van der Waals surface area (Å²) in [7, 11) is -3.16. The Labute approximate surface area is 136 Å². The minimum absolute atomic E-state index is 0.312. The molecule has 0 aliphatic rings. The van der Waals surface area contributed by atoms with Gasteiger partial charge in [0.05, 0.1) is 11.0 Å².